The van der Waals surface area contributed by atoms with Crippen LogP contribution in [0.2, 0.25) is 0 Å². The molecule has 3 rings (SSSR count). The Morgan fingerprint density at radius 3 is 3.17 bits per heavy atom. The van der Waals surface area contributed by atoms with Crippen molar-refractivity contribution in [1.29, 1.82) is 0 Å². The van der Waals surface area contributed by atoms with Crippen molar-refractivity contribution in [2.75, 3.05) is 7.11 Å². The second-order valence-electron chi connectivity index (χ2n) is 4.11. The standard InChI is InChI=1S/C13H10BrNO2S/c1-17-12(16)6-11-15-13-9-3-2-8(14)4-7(9)5-10(13)18-11/h2-4H,5-6H2,1H3. The number of hydrogen-bond donors (Lipinski definition) is 0. The lowest BCUT2D eigenvalue weighted by molar-refractivity contribution is -0.139. The summed E-state index contributed by atoms with van der Waals surface area (Å²) in [5.41, 5.74) is 3.50. The van der Waals surface area contributed by atoms with Crippen LogP contribution in [0.1, 0.15) is 15.4 Å². The molecule has 2 aromatic rings. The molecule has 0 spiro atoms. The van der Waals surface area contributed by atoms with Crippen LogP contribution in [0, 0.1) is 0 Å². The quantitative estimate of drug-likeness (QED) is 0.680. The first-order valence-corrected chi connectivity index (χ1v) is 7.12. The van der Waals surface area contributed by atoms with E-state index in [1.807, 2.05) is 6.07 Å². The first-order chi connectivity index (χ1) is 8.67. The van der Waals surface area contributed by atoms with Crippen LogP contribution in [0.4, 0.5) is 0 Å². The van der Waals surface area contributed by atoms with Crippen LogP contribution in [-0.4, -0.2) is 18.1 Å². The van der Waals surface area contributed by atoms with Gasteiger partial charge in [-0.3, -0.25) is 4.79 Å². The fraction of sp³-hybridized carbons (Fsp3) is 0.231. The molecule has 5 heteroatoms. The summed E-state index contributed by atoms with van der Waals surface area (Å²) < 4.78 is 5.75. The van der Waals surface area contributed by atoms with Crippen molar-refractivity contribution in [3.05, 3.63) is 38.1 Å². The van der Waals surface area contributed by atoms with E-state index >= 15 is 0 Å². The summed E-state index contributed by atoms with van der Waals surface area (Å²) in [4.78, 5) is 17.0. The number of benzene rings is 1. The lowest BCUT2D eigenvalue weighted by Gasteiger charge is -2.00. The number of thiazole rings is 1. The Labute approximate surface area is 117 Å². The minimum Gasteiger partial charge on any atom is -0.469 e. The van der Waals surface area contributed by atoms with Crippen LogP contribution in [0.5, 0.6) is 0 Å². The zero-order chi connectivity index (χ0) is 12.7. The van der Waals surface area contributed by atoms with Gasteiger partial charge in [0, 0.05) is 21.3 Å². The summed E-state index contributed by atoms with van der Waals surface area (Å²) in [5, 5.41) is 0.834. The Morgan fingerprint density at radius 2 is 2.39 bits per heavy atom. The monoisotopic (exact) mass is 323 g/mol. The molecule has 0 amide bonds. The predicted molar refractivity (Wildman–Crippen MR) is 73.8 cm³/mol. The van der Waals surface area contributed by atoms with Gasteiger partial charge >= 0.3 is 5.97 Å². The summed E-state index contributed by atoms with van der Waals surface area (Å²) in [7, 11) is 1.40. The van der Waals surface area contributed by atoms with E-state index in [0.29, 0.717) is 0 Å². The molecule has 0 radical (unpaired) electrons. The Morgan fingerprint density at radius 1 is 1.56 bits per heavy atom. The van der Waals surface area contributed by atoms with Gasteiger partial charge in [0.2, 0.25) is 0 Å². The smallest absolute Gasteiger partial charge is 0.312 e. The lowest BCUT2D eigenvalue weighted by Crippen LogP contribution is -2.03. The van der Waals surface area contributed by atoms with Crippen LogP contribution < -0.4 is 0 Å². The number of hydrogen-bond acceptors (Lipinski definition) is 4. The number of halogens is 1. The number of carbonyl (C=O) groups is 1. The van der Waals surface area contributed by atoms with Gasteiger partial charge < -0.3 is 4.74 Å². The van der Waals surface area contributed by atoms with E-state index in [2.05, 4.69) is 37.8 Å². The molecule has 0 bridgehead atoms. The number of aromatic nitrogens is 1. The molecule has 0 N–H and O–H groups in total. The van der Waals surface area contributed by atoms with Gasteiger partial charge in [0.05, 0.1) is 19.2 Å². The average Bonchev–Trinajstić information content (AvgIpc) is 2.84. The molecule has 0 saturated carbocycles. The maximum Gasteiger partial charge on any atom is 0.312 e. The molecular weight excluding hydrogens is 314 g/mol. The average molecular weight is 324 g/mol. The summed E-state index contributed by atoms with van der Waals surface area (Å²) in [6.45, 7) is 0. The van der Waals surface area contributed by atoms with Gasteiger partial charge in [0.1, 0.15) is 5.01 Å². The van der Waals surface area contributed by atoms with E-state index in [4.69, 9.17) is 0 Å². The van der Waals surface area contributed by atoms with Crippen LogP contribution in [0.25, 0.3) is 11.3 Å². The number of rotatable bonds is 2. The Balaban J connectivity index is 1.95. The highest BCUT2D eigenvalue weighted by Crippen LogP contribution is 2.40. The van der Waals surface area contributed by atoms with Crippen molar-refractivity contribution in [3.63, 3.8) is 0 Å². The van der Waals surface area contributed by atoms with Crippen molar-refractivity contribution < 1.29 is 9.53 Å². The number of methoxy groups -OCH3 is 1. The number of carbonyl (C=O) groups excluding carboxylic acids is 1. The third-order valence-corrected chi connectivity index (χ3v) is 4.49. The fourth-order valence-corrected chi connectivity index (χ4v) is 3.61. The zero-order valence-electron chi connectivity index (χ0n) is 9.70. The van der Waals surface area contributed by atoms with E-state index in [1.165, 1.54) is 23.1 Å². The van der Waals surface area contributed by atoms with Gasteiger partial charge in [-0.25, -0.2) is 4.98 Å². The molecule has 92 valence electrons. The molecule has 1 aliphatic rings. The molecule has 0 fully saturated rings. The predicted octanol–water partition coefficient (Wildman–Crippen LogP) is 3.19. The molecule has 0 unspecified atom stereocenters. The minimum atomic E-state index is -0.238. The largest absolute Gasteiger partial charge is 0.469 e. The molecule has 18 heavy (non-hydrogen) atoms. The lowest BCUT2D eigenvalue weighted by atomic mass is 10.1. The van der Waals surface area contributed by atoms with Gasteiger partial charge in [-0.2, -0.15) is 0 Å². The van der Waals surface area contributed by atoms with E-state index < -0.39 is 0 Å². The fourth-order valence-electron chi connectivity index (χ4n) is 2.11. The molecule has 3 nitrogen and oxygen atoms in total. The molecule has 1 aromatic heterocycles. The normalized spacial score (nSPS) is 12.1. The van der Waals surface area contributed by atoms with Gasteiger partial charge in [-0.1, -0.05) is 22.0 Å². The van der Waals surface area contributed by atoms with Crippen molar-refractivity contribution in [2.24, 2.45) is 0 Å². The molecule has 1 aromatic carbocycles. The van der Waals surface area contributed by atoms with Crippen LogP contribution >= 0.6 is 27.3 Å². The van der Waals surface area contributed by atoms with Crippen molar-refractivity contribution in [1.82, 2.24) is 4.98 Å². The third kappa shape index (κ3) is 1.97. The number of nitrogens with zero attached hydrogens (tertiary/aromatic N) is 1. The second-order valence-corrected chi connectivity index (χ2v) is 6.19. The number of fused-ring (bicyclic) bond motifs is 3. The molecular formula is C13H10BrNO2S. The highest BCUT2D eigenvalue weighted by molar-refractivity contribution is 9.10. The third-order valence-electron chi connectivity index (χ3n) is 2.94. The van der Waals surface area contributed by atoms with E-state index in [1.54, 1.807) is 11.3 Å². The van der Waals surface area contributed by atoms with Crippen molar-refractivity contribution in [2.45, 2.75) is 12.8 Å². The first-order valence-electron chi connectivity index (χ1n) is 5.51. The van der Waals surface area contributed by atoms with Crippen molar-refractivity contribution in [3.8, 4) is 11.3 Å². The van der Waals surface area contributed by atoms with Gasteiger partial charge in [-0.05, 0) is 17.7 Å². The number of esters is 1. The Kier molecular flexibility index (Phi) is 2.95. The van der Waals surface area contributed by atoms with Crippen LogP contribution in [0.3, 0.4) is 0 Å². The first kappa shape index (κ1) is 11.9. The summed E-state index contributed by atoms with van der Waals surface area (Å²) in [5.74, 6) is -0.238. The summed E-state index contributed by atoms with van der Waals surface area (Å²) in [6.07, 6.45) is 1.17. The van der Waals surface area contributed by atoms with Gasteiger partial charge in [0.15, 0.2) is 0 Å². The highest BCUT2D eigenvalue weighted by Gasteiger charge is 2.24. The topological polar surface area (TPSA) is 39.2 Å². The number of ether oxygens (including phenoxy) is 1. The van der Waals surface area contributed by atoms with Gasteiger partial charge in [0.25, 0.3) is 0 Å². The van der Waals surface area contributed by atoms with E-state index in [9.17, 15) is 4.79 Å². The minimum absolute atomic E-state index is 0.238. The molecule has 0 saturated heterocycles. The second kappa shape index (κ2) is 4.48. The highest BCUT2D eigenvalue weighted by atomic mass is 79.9. The molecule has 0 aliphatic heterocycles. The zero-order valence-corrected chi connectivity index (χ0v) is 12.1. The summed E-state index contributed by atoms with van der Waals surface area (Å²) in [6, 6.07) is 6.23. The van der Waals surface area contributed by atoms with Gasteiger partial charge in [-0.15, -0.1) is 11.3 Å². The maximum absolute atomic E-state index is 11.2. The van der Waals surface area contributed by atoms with Crippen LogP contribution in [0.15, 0.2) is 22.7 Å². The summed E-state index contributed by atoms with van der Waals surface area (Å²) >= 11 is 5.08. The van der Waals surface area contributed by atoms with E-state index in [0.717, 1.165) is 21.6 Å². The van der Waals surface area contributed by atoms with Crippen molar-refractivity contribution >= 4 is 33.2 Å². The maximum atomic E-state index is 11.2. The molecule has 0 atom stereocenters. The molecule has 1 heterocycles. The Bertz CT molecular complexity index is 636. The Hall–Kier alpha value is -1.20. The van der Waals surface area contributed by atoms with E-state index in [-0.39, 0.29) is 12.4 Å². The SMILES string of the molecule is COC(=O)Cc1nc2c(s1)Cc1cc(Br)ccc1-2. The van der Waals surface area contributed by atoms with Crippen LogP contribution in [-0.2, 0) is 22.4 Å². The molecule has 1 aliphatic carbocycles.